The number of rotatable bonds is 5. The van der Waals surface area contributed by atoms with Gasteiger partial charge in [0, 0.05) is 17.6 Å². The van der Waals surface area contributed by atoms with Crippen molar-refractivity contribution in [1.82, 2.24) is 9.97 Å². The second kappa shape index (κ2) is 7.57. The summed E-state index contributed by atoms with van der Waals surface area (Å²) in [7, 11) is 0. The van der Waals surface area contributed by atoms with Crippen molar-refractivity contribution in [1.29, 1.82) is 0 Å². The fraction of sp³-hybridized carbons (Fsp3) is 0.150. The first-order valence-electron chi connectivity index (χ1n) is 8.21. The van der Waals surface area contributed by atoms with E-state index in [0.29, 0.717) is 11.6 Å². The van der Waals surface area contributed by atoms with Gasteiger partial charge in [0.1, 0.15) is 5.69 Å². The number of benzene rings is 2. The zero-order valence-corrected chi connectivity index (χ0v) is 14.3. The van der Waals surface area contributed by atoms with Crippen LogP contribution in [-0.2, 0) is 6.42 Å². The average molecular weight is 332 g/mol. The van der Waals surface area contributed by atoms with Gasteiger partial charge in [-0.15, -0.1) is 0 Å². The van der Waals surface area contributed by atoms with Crippen LogP contribution in [-0.4, -0.2) is 15.9 Å². The Kier molecular flexibility index (Phi) is 5.04. The molecule has 5 nitrogen and oxygen atoms in total. The standard InChI is InChI=1S/C20H20N4O/c1-3-15-7-9-16(10-8-15)22-19(25)18-11-12-21-20(24-18)23-17-6-4-5-14(2)13-17/h4-13H,3H2,1-2H3,(H,22,25)(H,21,23,24). The molecule has 5 heteroatoms. The maximum atomic E-state index is 12.4. The number of carbonyl (C=O) groups excluding carboxylic acids is 1. The second-order valence-corrected chi connectivity index (χ2v) is 5.76. The molecule has 0 spiro atoms. The Bertz CT molecular complexity index is 875. The highest BCUT2D eigenvalue weighted by Crippen LogP contribution is 2.15. The molecule has 0 fully saturated rings. The van der Waals surface area contributed by atoms with Gasteiger partial charge in [-0.05, 0) is 54.8 Å². The van der Waals surface area contributed by atoms with Crippen LogP contribution in [0, 0.1) is 6.92 Å². The molecular formula is C20H20N4O. The van der Waals surface area contributed by atoms with Crippen LogP contribution in [0.4, 0.5) is 17.3 Å². The van der Waals surface area contributed by atoms with Crippen molar-refractivity contribution in [3.8, 4) is 0 Å². The summed E-state index contributed by atoms with van der Waals surface area (Å²) in [6, 6.07) is 17.3. The van der Waals surface area contributed by atoms with Gasteiger partial charge in [-0.2, -0.15) is 0 Å². The van der Waals surface area contributed by atoms with Crippen molar-refractivity contribution in [2.24, 2.45) is 0 Å². The SMILES string of the molecule is CCc1ccc(NC(=O)c2ccnc(Nc3cccc(C)c3)n2)cc1. The third-order valence-corrected chi connectivity index (χ3v) is 3.78. The number of anilines is 3. The third-order valence-electron chi connectivity index (χ3n) is 3.78. The molecule has 1 aromatic heterocycles. The van der Waals surface area contributed by atoms with Crippen molar-refractivity contribution in [3.63, 3.8) is 0 Å². The lowest BCUT2D eigenvalue weighted by molar-refractivity contribution is 0.102. The predicted octanol–water partition coefficient (Wildman–Crippen LogP) is 4.34. The number of aromatic nitrogens is 2. The zero-order valence-electron chi connectivity index (χ0n) is 14.3. The van der Waals surface area contributed by atoms with Crippen molar-refractivity contribution >= 4 is 23.2 Å². The van der Waals surface area contributed by atoms with E-state index >= 15 is 0 Å². The normalized spacial score (nSPS) is 10.3. The van der Waals surface area contributed by atoms with Gasteiger partial charge in [-0.1, -0.05) is 31.2 Å². The molecule has 0 aliphatic carbocycles. The number of hydrogen-bond donors (Lipinski definition) is 2. The molecule has 2 aromatic carbocycles. The van der Waals surface area contributed by atoms with Gasteiger partial charge in [-0.3, -0.25) is 4.79 Å². The summed E-state index contributed by atoms with van der Waals surface area (Å²) in [5, 5.41) is 5.97. The lowest BCUT2D eigenvalue weighted by Crippen LogP contribution is -2.14. The van der Waals surface area contributed by atoms with Gasteiger partial charge in [0.2, 0.25) is 5.95 Å². The number of nitrogens with one attached hydrogen (secondary N) is 2. The first-order chi connectivity index (χ1) is 12.1. The van der Waals surface area contributed by atoms with Gasteiger partial charge >= 0.3 is 0 Å². The summed E-state index contributed by atoms with van der Waals surface area (Å²) < 4.78 is 0. The van der Waals surface area contributed by atoms with E-state index in [4.69, 9.17) is 0 Å². The molecule has 0 saturated heterocycles. The lowest BCUT2D eigenvalue weighted by atomic mass is 10.1. The highest BCUT2D eigenvalue weighted by molar-refractivity contribution is 6.03. The van der Waals surface area contributed by atoms with Gasteiger partial charge in [0.05, 0.1) is 0 Å². The number of aryl methyl sites for hydroxylation is 2. The highest BCUT2D eigenvalue weighted by Gasteiger charge is 2.09. The summed E-state index contributed by atoms with van der Waals surface area (Å²) in [6.07, 6.45) is 2.54. The van der Waals surface area contributed by atoms with Crippen LogP contribution in [0.25, 0.3) is 0 Å². The molecule has 3 aromatic rings. The first kappa shape index (κ1) is 16.6. The molecule has 126 valence electrons. The topological polar surface area (TPSA) is 66.9 Å². The van der Waals surface area contributed by atoms with Crippen LogP contribution in [0.2, 0.25) is 0 Å². The Morgan fingerprint density at radius 1 is 1.04 bits per heavy atom. The summed E-state index contributed by atoms with van der Waals surface area (Å²) in [5.41, 5.74) is 4.30. The summed E-state index contributed by atoms with van der Waals surface area (Å²) in [5.74, 6) is 0.124. The molecule has 0 aliphatic rings. The Hall–Kier alpha value is -3.21. The van der Waals surface area contributed by atoms with Crippen molar-refractivity contribution in [3.05, 3.63) is 77.6 Å². The minimum Gasteiger partial charge on any atom is -0.324 e. The van der Waals surface area contributed by atoms with Crippen LogP contribution in [0.1, 0.15) is 28.5 Å². The Morgan fingerprint density at radius 2 is 1.84 bits per heavy atom. The molecular weight excluding hydrogens is 312 g/mol. The van der Waals surface area contributed by atoms with E-state index in [-0.39, 0.29) is 5.91 Å². The quantitative estimate of drug-likeness (QED) is 0.729. The van der Waals surface area contributed by atoms with Crippen LogP contribution in [0.3, 0.4) is 0 Å². The molecule has 0 bridgehead atoms. The van der Waals surface area contributed by atoms with Crippen LogP contribution < -0.4 is 10.6 Å². The van der Waals surface area contributed by atoms with E-state index in [9.17, 15) is 4.79 Å². The minimum absolute atomic E-state index is 0.265. The molecule has 0 radical (unpaired) electrons. The van der Waals surface area contributed by atoms with E-state index in [1.54, 1.807) is 12.3 Å². The van der Waals surface area contributed by atoms with Gasteiger partial charge in [-0.25, -0.2) is 9.97 Å². The van der Waals surface area contributed by atoms with Crippen molar-refractivity contribution in [2.75, 3.05) is 10.6 Å². The second-order valence-electron chi connectivity index (χ2n) is 5.76. The fourth-order valence-electron chi connectivity index (χ4n) is 2.42. The monoisotopic (exact) mass is 332 g/mol. The molecule has 2 N–H and O–H groups in total. The van der Waals surface area contributed by atoms with Gasteiger partial charge < -0.3 is 10.6 Å². The fourth-order valence-corrected chi connectivity index (χ4v) is 2.42. The zero-order chi connectivity index (χ0) is 17.6. The van der Waals surface area contributed by atoms with E-state index in [1.165, 1.54) is 5.56 Å². The van der Waals surface area contributed by atoms with Gasteiger partial charge in [0.15, 0.2) is 0 Å². The summed E-state index contributed by atoms with van der Waals surface area (Å²) >= 11 is 0. The van der Waals surface area contributed by atoms with Crippen LogP contribution in [0.5, 0.6) is 0 Å². The van der Waals surface area contributed by atoms with Crippen molar-refractivity contribution < 1.29 is 4.79 Å². The number of amides is 1. The largest absolute Gasteiger partial charge is 0.324 e. The van der Waals surface area contributed by atoms with Crippen LogP contribution >= 0.6 is 0 Å². The molecule has 1 amide bonds. The number of hydrogen-bond acceptors (Lipinski definition) is 4. The van der Waals surface area contributed by atoms with E-state index in [0.717, 1.165) is 23.4 Å². The van der Waals surface area contributed by atoms with Crippen molar-refractivity contribution in [2.45, 2.75) is 20.3 Å². The van der Waals surface area contributed by atoms with E-state index in [2.05, 4.69) is 27.5 Å². The first-order valence-corrected chi connectivity index (χ1v) is 8.21. The smallest absolute Gasteiger partial charge is 0.274 e. The Labute approximate surface area is 147 Å². The summed E-state index contributed by atoms with van der Waals surface area (Å²) in [4.78, 5) is 20.9. The average Bonchev–Trinajstić information content (AvgIpc) is 2.62. The minimum atomic E-state index is -0.265. The van der Waals surface area contributed by atoms with E-state index in [1.807, 2.05) is 55.5 Å². The molecule has 0 aliphatic heterocycles. The number of carbonyl (C=O) groups is 1. The third kappa shape index (κ3) is 4.41. The highest BCUT2D eigenvalue weighted by atomic mass is 16.1. The lowest BCUT2D eigenvalue weighted by Gasteiger charge is -2.08. The maximum absolute atomic E-state index is 12.4. The maximum Gasteiger partial charge on any atom is 0.274 e. The van der Waals surface area contributed by atoms with E-state index < -0.39 is 0 Å². The molecule has 0 saturated carbocycles. The van der Waals surface area contributed by atoms with Crippen LogP contribution in [0.15, 0.2) is 60.8 Å². The van der Waals surface area contributed by atoms with Gasteiger partial charge in [0.25, 0.3) is 5.91 Å². The molecule has 3 rings (SSSR count). The molecule has 1 heterocycles. The Morgan fingerprint density at radius 3 is 2.56 bits per heavy atom. The Balaban J connectivity index is 1.72. The summed E-state index contributed by atoms with van der Waals surface area (Å²) in [6.45, 7) is 4.11. The molecule has 0 atom stereocenters. The number of nitrogens with zero attached hydrogens (tertiary/aromatic N) is 2. The molecule has 25 heavy (non-hydrogen) atoms. The molecule has 0 unspecified atom stereocenters. The predicted molar refractivity (Wildman–Crippen MR) is 100 cm³/mol.